The maximum atomic E-state index is 13.7. The van der Waals surface area contributed by atoms with Crippen LogP contribution in [0.3, 0.4) is 0 Å². The van der Waals surface area contributed by atoms with Crippen LogP contribution in [0.1, 0.15) is 42.9 Å². The van der Waals surface area contributed by atoms with E-state index >= 15 is 0 Å². The van der Waals surface area contributed by atoms with Gasteiger partial charge in [0.25, 0.3) is 5.91 Å². The van der Waals surface area contributed by atoms with Crippen LogP contribution in [-0.4, -0.2) is 34.3 Å². The van der Waals surface area contributed by atoms with Crippen molar-refractivity contribution < 1.29 is 19.1 Å². The molecule has 1 amide bonds. The summed E-state index contributed by atoms with van der Waals surface area (Å²) in [5.74, 6) is 0.551. The summed E-state index contributed by atoms with van der Waals surface area (Å²) in [6.45, 7) is 4.42. The molecule has 0 saturated heterocycles. The summed E-state index contributed by atoms with van der Waals surface area (Å²) in [7, 11) is 0. The van der Waals surface area contributed by atoms with Gasteiger partial charge in [0, 0.05) is 18.9 Å². The van der Waals surface area contributed by atoms with Gasteiger partial charge in [-0.1, -0.05) is 37.3 Å². The smallest absolute Gasteiger partial charge is 0.290 e. The molecule has 3 heterocycles. The first kappa shape index (κ1) is 20.5. The summed E-state index contributed by atoms with van der Waals surface area (Å²) in [4.78, 5) is 33.1. The summed E-state index contributed by atoms with van der Waals surface area (Å²) in [6.07, 6.45) is 8.61. The number of amides is 1. The first-order valence-corrected chi connectivity index (χ1v) is 11.2. The Hall–Kier alpha value is -3.41. The fraction of sp³-hybridized carbons (Fsp3) is 0.346. The number of aromatic nitrogens is 1. The van der Waals surface area contributed by atoms with E-state index in [-0.39, 0.29) is 29.5 Å². The molecular weight excluding hydrogens is 404 g/mol. The van der Waals surface area contributed by atoms with Gasteiger partial charge in [0.05, 0.1) is 17.5 Å². The number of carbonyl (C=O) groups is 2. The normalized spacial score (nSPS) is 24.6. The van der Waals surface area contributed by atoms with Gasteiger partial charge < -0.3 is 14.4 Å². The van der Waals surface area contributed by atoms with Gasteiger partial charge in [-0.25, -0.2) is 0 Å². The van der Waals surface area contributed by atoms with Crippen LogP contribution in [-0.2, 0) is 20.9 Å². The van der Waals surface area contributed by atoms with E-state index in [0.29, 0.717) is 24.5 Å². The number of ether oxygens (including phenoxy) is 2. The van der Waals surface area contributed by atoms with E-state index < -0.39 is 6.04 Å². The first-order valence-electron chi connectivity index (χ1n) is 11.2. The second-order valence-electron chi connectivity index (χ2n) is 8.52. The van der Waals surface area contributed by atoms with Gasteiger partial charge in [-0.3, -0.25) is 14.6 Å². The minimum absolute atomic E-state index is 0.0559. The number of pyridine rings is 1. The lowest BCUT2D eigenvalue weighted by molar-refractivity contribution is -0.135. The zero-order valence-electron chi connectivity index (χ0n) is 17.9. The molecule has 6 heteroatoms. The molecule has 2 aromatic rings. The van der Waals surface area contributed by atoms with Crippen molar-refractivity contribution >= 4 is 11.7 Å². The average molecular weight is 431 g/mol. The SMILES string of the molecule is C=CCOc1cccc(C2C3=C(OC4CCCCC4C3=O)C(=O)N2Cc2cccnc2)c1. The molecule has 0 bridgehead atoms. The van der Waals surface area contributed by atoms with Gasteiger partial charge in [-0.15, -0.1) is 0 Å². The standard InChI is InChI=1S/C26H26N2O4/c1-2-13-31-19-9-5-8-18(14-19)23-22-24(29)20-10-3-4-11-21(20)32-25(22)26(30)28(23)16-17-7-6-12-27-15-17/h2,5-9,12,14-15,20-21,23H,1,3-4,10-11,13,16H2. The lowest BCUT2D eigenvalue weighted by Crippen LogP contribution is -2.39. The Morgan fingerprint density at radius 2 is 2.06 bits per heavy atom. The highest BCUT2D eigenvalue weighted by Gasteiger charge is 2.51. The number of nitrogens with zero attached hydrogens (tertiary/aromatic N) is 2. The van der Waals surface area contributed by atoms with Crippen LogP contribution >= 0.6 is 0 Å². The highest BCUT2D eigenvalue weighted by Crippen LogP contribution is 2.47. The van der Waals surface area contributed by atoms with Crippen LogP contribution in [0.4, 0.5) is 0 Å². The molecule has 5 rings (SSSR count). The minimum Gasteiger partial charge on any atom is -0.490 e. The summed E-state index contributed by atoms with van der Waals surface area (Å²) in [5, 5.41) is 0. The molecule has 1 fully saturated rings. The van der Waals surface area contributed by atoms with Crippen LogP contribution in [0, 0.1) is 5.92 Å². The number of fused-ring (bicyclic) bond motifs is 1. The van der Waals surface area contributed by atoms with Crippen LogP contribution in [0.2, 0.25) is 0 Å². The number of Topliss-reactive ketones (excluding diaryl/α,β-unsaturated/α-hetero) is 1. The molecule has 0 spiro atoms. The van der Waals surface area contributed by atoms with Crippen molar-refractivity contribution in [2.75, 3.05) is 6.61 Å². The zero-order chi connectivity index (χ0) is 22.1. The summed E-state index contributed by atoms with van der Waals surface area (Å²) in [5.41, 5.74) is 2.22. The van der Waals surface area contributed by atoms with E-state index in [4.69, 9.17) is 9.47 Å². The maximum absolute atomic E-state index is 13.7. The second kappa shape index (κ2) is 8.61. The van der Waals surface area contributed by atoms with E-state index in [0.717, 1.165) is 36.8 Å². The molecule has 1 saturated carbocycles. The number of hydrogen-bond acceptors (Lipinski definition) is 5. The molecule has 1 aliphatic carbocycles. The van der Waals surface area contributed by atoms with Gasteiger partial charge in [0.15, 0.2) is 11.5 Å². The third-order valence-electron chi connectivity index (χ3n) is 6.48. The Balaban J connectivity index is 1.57. The minimum atomic E-state index is -0.514. The number of carbonyl (C=O) groups excluding carboxylic acids is 2. The van der Waals surface area contributed by atoms with Crippen molar-refractivity contribution in [2.45, 2.75) is 44.4 Å². The number of hydrogen-bond donors (Lipinski definition) is 0. The van der Waals surface area contributed by atoms with Crippen molar-refractivity contribution in [1.82, 2.24) is 9.88 Å². The predicted octanol–water partition coefficient (Wildman–Crippen LogP) is 4.14. The molecule has 2 aliphatic heterocycles. The van der Waals surface area contributed by atoms with Crippen LogP contribution in [0.25, 0.3) is 0 Å². The van der Waals surface area contributed by atoms with Gasteiger partial charge >= 0.3 is 0 Å². The average Bonchev–Trinajstić information content (AvgIpc) is 3.10. The molecule has 1 aromatic carbocycles. The Kier molecular flexibility index (Phi) is 5.52. The van der Waals surface area contributed by atoms with Crippen LogP contribution < -0.4 is 4.74 Å². The van der Waals surface area contributed by atoms with E-state index in [9.17, 15) is 9.59 Å². The predicted molar refractivity (Wildman–Crippen MR) is 119 cm³/mol. The third kappa shape index (κ3) is 3.60. The van der Waals surface area contributed by atoms with E-state index in [1.165, 1.54) is 0 Å². The van der Waals surface area contributed by atoms with E-state index in [1.807, 2.05) is 36.4 Å². The maximum Gasteiger partial charge on any atom is 0.290 e. The largest absolute Gasteiger partial charge is 0.490 e. The topological polar surface area (TPSA) is 68.7 Å². The Morgan fingerprint density at radius 3 is 2.88 bits per heavy atom. The second-order valence-corrected chi connectivity index (χ2v) is 8.52. The Bertz CT molecular complexity index is 1080. The molecule has 164 valence electrons. The van der Waals surface area contributed by atoms with Crippen molar-refractivity contribution in [3.63, 3.8) is 0 Å². The third-order valence-corrected chi connectivity index (χ3v) is 6.48. The quantitative estimate of drug-likeness (QED) is 0.644. The summed E-state index contributed by atoms with van der Waals surface area (Å²) < 4.78 is 11.9. The molecule has 3 atom stereocenters. The Morgan fingerprint density at radius 1 is 1.19 bits per heavy atom. The molecular formula is C26H26N2O4. The van der Waals surface area contributed by atoms with Crippen molar-refractivity contribution in [3.05, 3.63) is 83.9 Å². The monoisotopic (exact) mass is 430 g/mol. The molecule has 6 nitrogen and oxygen atoms in total. The highest BCUT2D eigenvalue weighted by molar-refractivity contribution is 6.11. The fourth-order valence-electron chi connectivity index (χ4n) is 5.02. The lowest BCUT2D eigenvalue weighted by Gasteiger charge is -2.35. The van der Waals surface area contributed by atoms with Gasteiger partial charge in [0.2, 0.25) is 0 Å². The van der Waals surface area contributed by atoms with Gasteiger partial charge in [0.1, 0.15) is 18.5 Å². The van der Waals surface area contributed by atoms with Gasteiger partial charge in [-0.2, -0.15) is 0 Å². The van der Waals surface area contributed by atoms with Crippen molar-refractivity contribution in [3.8, 4) is 5.75 Å². The van der Waals surface area contributed by atoms with Crippen LogP contribution in [0.15, 0.2) is 72.8 Å². The Labute approximate surface area is 187 Å². The molecule has 3 unspecified atom stereocenters. The number of ketones is 1. The molecule has 0 radical (unpaired) electrons. The molecule has 1 aromatic heterocycles. The molecule has 0 N–H and O–H groups in total. The summed E-state index contributed by atoms with van der Waals surface area (Å²) in [6, 6.07) is 10.8. The lowest BCUT2D eigenvalue weighted by atomic mass is 9.77. The molecule has 32 heavy (non-hydrogen) atoms. The summed E-state index contributed by atoms with van der Waals surface area (Å²) >= 11 is 0. The first-order chi connectivity index (χ1) is 15.7. The van der Waals surface area contributed by atoms with Crippen molar-refractivity contribution in [2.24, 2.45) is 5.92 Å². The molecule has 3 aliphatic rings. The van der Waals surface area contributed by atoms with E-state index in [1.54, 1.807) is 23.4 Å². The highest BCUT2D eigenvalue weighted by atomic mass is 16.5. The van der Waals surface area contributed by atoms with Crippen molar-refractivity contribution in [1.29, 1.82) is 0 Å². The van der Waals surface area contributed by atoms with Crippen LogP contribution in [0.5, 0.6) is 5.75 Å². The van der Waals surface area contributed by atoms with E-state index in [2.05, 4.69) is 11.6 Å². The number of benzene rings is 1. The fourth-order valence-corrected chi connectivity index (χ4v) is 5.02. The van der Waals surface area contributed by atoms with Gasteiger partial charge in [-0.05, 0) is 48.6 Å². The number of rotatable bonds is 6. The zero-order valence-corrected chi connectivity index (χ0v) is 17.9.